The first kappa shape index (κ1) is 17.6. The largest absolute Gasteiger partial charge is 0.395 e. The molecule has 0 aromatic heterocycles. The predicted molar refractivity (Wildman–Crippen MR) is 84.1 cm³/mol. The summed E-state index contributed by atoms with van der Waals surface area (Å²) >= 11 is 0. The zero-order valence-corrected chi connectivity index (χ0v) is 13.2. The summed E-state index contributed by atoms with van der Waals surface area (Å²) in [4.78, 5) is 14.3. The first-order valence-electron chi connectivity index (χ1n) is 7.83. The van der Waals surface area contributed by atoms with E-state index in [1.54, 1.807) is 0 Å². The summed E-state index contributed by atoms with van der Waals surface area (Å²) in [5.74, 6) is -2.47. The number of rotatable bonds is 6. The lowest BCUT2D eigenvalue weighted by Gasteiger charge is -2.31. The molecule has 2 N–H and O–H groups in total. The second-order valence-corrected chi connectivity index (χ2v) is 5.60. The van der Waals surface area contributed by atoms with Crippen LogP contribution in [0.25, 0.3) is 0 Å². The molecule has 0 spiro atoms. The number of carbonyl (C=O) groups is 1. The Morgan fingerprint density at radius 2 is 2.09 bits per heavy atom. The van der Waals surface area contributed by atoms with E-state index in [2.05, 4.69) is 16.3 Å². The van der Waals surface area contributed by atoms with E-state index in [9.17, 15) is 13.6 Å². The lowest BCUT2D eigenvalue weighted by atomic mass is 9.99. The molecule has 126 valence electrons. The standard InChI is InChI=1S/C17H22F2N2O2/c1-2-15(12-5-4-8-21(11-12)9-10-22)20-17(23)16-13(18)6-3-7-14(16)19/h3,5-7,15,22H,2,4,8-11H2,1H3,(H,20,23). The number of aliphatic hydroxyl groups excluding tert-OH is 1. The molecule has 0 bridgehead atoms. The molecule has 1 unspecified atom stereocenters. The molecule has 23 heavy (non-hydrogen) atoms. The number of aliphatic hydroxyl groups is 1. The molecule has 4 nitrogen and oxygen atoms in total. The van der Waals surface area contributed by atoms with Crippen molar-refractivity contribution in [1.29, 1.82) is 0 Å². The van der Waals surface area contributed by atoms with Gasteiger partial charge < -0.3 is 10.4 Å². The fourth-order valence-electron chi connectivity index (χ4n) is 2.82. The quantitative estimate of drug-likeness (QED) is 0.788. The van der Waals surface area contributed by atoms with Crippen molar-refractivity contribution in [3.8, 4) is 0 Å². The highest BCUT2D eigenvalue weighted by Crippen LogP contribution is 2.17. The molecule has 0 radical (unpaired) electrons. The molecule has 0 aliphatic carbocycles. The van der Waals surface area contributed by atoms with E-state index in [1.165, 1.54) is 6.07 Å². The third-order valence-electron chi connectivity index (χ3n) is 4.03. The van der Waals surface area contributed by atoms with Gasteiger partial charge in [0.15, 0.2) is 0 Å². The Morgan fingerprint density at radius 3 is 2.70 bits per heavy atom. The average Bonchev–Trinajstić information content (AvgIpc) is 2.53. The third kappa shape index (κ3) is 4.36. The number of carbonyl (C=O) groups excluding carboxylic acids is 1. The van der Waals surface area contributed by atoms with Crippen LogP contribution in [0, 0.1) is 11.6 Å². The van der Waals surface area contributed by atoms with E-state index in [4.69, 9.17) is 5.11 Å². The average molecular weight is 324 g/mol. The van der Waals surface area contributed by atoms with Crippen molar-refractivity contribution in [2.75, 3.05) is 26.2 Å². The highest BCUT2D eigenvalue weighted by molar-refractivity contribution is 5.95. The van der Waals surface area contributed by atoms with Crippen LogP contribution in [0.1, 0.15) is 30.1 Å². The third-order valence-corrected chi connectivity index (χ3v) is 4.03. The van der Waals surface area contributed by atoms with E-state index in [-0.39, 0.29) is 12.6 Å². The van der Waals surface area contributed by atoms with E-state index >= 15 is 0 Å². The number of hydrogen-bond acceptors (Lipinski definition) is 3. The number of benzene rings is 1. The molecule has 1 atom stereocenters. The maximum atomic E-state index is 13.7. The van der Waals surface area contributed by atoms with Crippen LogP contribution in [0.5, 0.6) is 0 Å². The Labute approximate surface area is 134 Å². The zero-order valence-electron chi connectivity index (χ0n) is 13.2. The summed E-state index contributed by atoms with van der Waals surface area (Å²) in [7, 11) is 0. The molecule has 1 aliphatic rings. The lowest BCUT2D eigenvalue weighted by molar-refractivity contribution is 0.0930. The van der Waals surface area contributed by atoms with Crippen LogP contribution in [0.15, 0.2) is 29.8 Å². The minimum atomic E-state index is -0.864. The van der Waals surface area contributed by atoms with Crippen molar-refractivity contribution in [1.82, 2.24) is 10.2 Å². The highest BCUT2D eigenvalue weighted by Gasteiger charge is 2.23. The molecule has 0 fully saturated rings. The maximum absolute atomic E-state index is 13.7. The van der Waals surface area contributed by atoms with Crippen molar-refractivity contribution in [3.63, 3.8) is 0 Å². The van der Waals surface area contributed by atoms with Crippen molar-refractivity contribution in [3.05, 3.63) is 47.0 Å². The zero-order chi connectivity index (χ0) is 16.8. The molecular weight excluding hydrogens is 302 g/mol. The summed E-state index contributed by atoms with van der Waals surface area (Å²) in [6.07, 6.45) is 3.51. The molecule has 6 heteroatoms. The van der Waals surface area contributed by atoms with Crippen LogP contribution < -0.4 is 5.32 Å². The van der Waals surface area contributed by atoms with E-state index < -0.39 is 23.1 Å². The van der Waals surface area contributed by atoms with Crippen molar-refractivity contribution < 1.29 is 18.7 Å². The fraction of sp³-hybridized carbons (Fsp3) is 0.471. The van der Waals surface area contributed by atoms with Gasteiger partial charge in [0, 0.05) is 19.6 Å². The van der Waals surface area contributed by atoms with Gasteiger partial charge in [0.05, 0.1) is 12.6 Å². The molecule has 1 amide bonds. The molecule has 1 aromatic rings. The molecule has 0 saturated carbocycles. The molecule has 0 saturated heterocycles. The van der Waals surface area contributed by atoms with Gasteiger partial charge in [-0.25, -0.2) is 8.78 Å². The Hall–Kier alpha value is -1.79. The second kappa shape index (κ2) is 8.17. The number of hydrogen-bond donors (Lipinski definition) is 2. The minimum absolute atomic E-state index is 0.0802. The normalized spacial score (nSPS) is 16.8. The van der Waals surface area contributed by atoms with E-state index in [0.29, 0.717) is 19.5 Å². The Kier molecular flexibility index (Phi) is 6.24. The number of halogens is 2. The Bertz CT molecular complexity index is 570. The van der Waals surface area contributed by atoms with Gasteiger partial charge >= 0.3 is 0 Å². The summed E-state index contributed by atoms with van der Waals surface area (Å²) in [5.41, 5.74) is 0.465. The van der Waals surface area contributed by atoms with Crippen molar-refractivity contribution >= 4 is 5.91 Å². The summed E-state index contributed by atoms with van der Waals surface area (Å²) in [5, 5.41) is 11.8. The Morgan fingerprint density at radius 1 is 1.39 bits per heavy atom. The van der Waals surface area contributed by atoms with Gasteiger partial charge in [-0.3, -0.25) is 9.69 Å². The fourth-order valence-corrected chi connectivity index (χ4v) is 2.82. The number of nitrogens with zero attached hydrogens (tertiary/aromatic N) is 1. The monoisotopic (exact) mass is 324 g/mol. The van der Waals surface area contributed by atoms with Crippen LogP contribution in [-0.2, 0) is 0 Å². The van der Waals surface area contributed by atoms with Crippen molar-refractivity contribution in [2.45, 2.75) is 25.8 Å². The number of β-amino-alcohol motifs (C(OH)–C–C–N with tert-alkyl or cyclic N) is 1. The predicted octanol–water partition coefficient (Wildman–Crippen LogP) is 2.10. The smallest absolute Gasteiger partial charge is 0.257 e. The van der Waals surface area contributed by atoms with Gasteiger partial charge in [0.1, 0.15) is 17.2 Å². The van der Waals surface area contributed by atoms with Gasteiger partial charge in [-0.05, 0) is 30.5 Å². The number of nitrogens with one attached hydrogen (secondary N) is 1. The SMILES string of the molecule is CCC(NC(=O)c1c(F)cccc1F)C1=CCCN(CCO)C1. The highest BCUT2D eigenvalue weighted by atomic mass is 19.1. The Balaban J connectivity index is 2.10. The van der Waals surface area contributed by atoms with E-state index in [0.717, 1.165) is 30.7 Å². The van der Waals surface area contributed by atoms with Crippen LogP contribution in [0.2, 0.25) is 0 Å². The van der Waals surface area contributed by atoms with E-state index in [1.807, 2.05) is 6.92 Å². The molecule has 1 aromatic carbocycles. The van der Waals surface area contributed by atoms with Gasteiger partial charge in [-0.15, -0.1) is 0 Å². The van der Waals surface area contributed by atoms with Crippen molar-refractivity contribution in [2.24, 2.45) is 0 Å². The van der Waals surface area contributed by atoms with Crippen LogP contribution >= 0.6 is 0 Å². The second-order valence-electron chi connectivity index (χ2n) is 5.60. The number of amides is 1. The molecule has 1 heterocycles. The molecule has 1 aliphatic heterocycles. The lowest BCUT2D eigenvalue weighted by Crippen LogP contribution is -2.42. The summed E-state index contributed by atoms with van der Waals surface area (Å²) in [6.45, 7) is 4.06. The van der Waals surface area contributed by atoms with Gasteiger partial charge in [0.25, 0.3) is 5.91 Å². The first-order valence-corrected chi connectivity index (χ1v) is 7.83. The molecular formula is C17H22F2N2O2. The van der Waals surface area contributed by atoms with Gasteiger partial charge in [-0.2, -0.15) is 0 Å². The summed E-state index contributed by atoms with van der Waals surface area (Å²) < 4.78 is 27.4. The van der Waals surface area contributed by atoms with Crippen LogP contribution in [0.3, 0.4) is 0 Å². The summed E-state index contributed by atoms with van der Waals surface area (Å²) in [6, 6.07) is 3.10. The topological polar surface area (TPSA) is 52.6 Å². The minimum Gasteiger partial charge on any atom is -0.395 e. The van der Waals surface area contributed by atoms with Gasteiger partial charge in [-0.1, -0.05) is 19.1 Å². The molecule has 2 rings (SSSR count). The maximum Gasteiger partial charge on any atom is 0.257 e. The van der Waals surface area contributed by atoms with Gasteiger partial charge in [0.2, 0.25) is 0 Å². The first-order chi connectivity index (χ1) is 11.1. The van der Waals surface area contributed by atoms with Crippen LogP contribution in [-0.4, -0.2) is 48.2 Å². The van der Waals surface area contributed by atoms with Crippen LogP contribution in [0.4, 0.5) is 8.78 Å².